The van der Waals surface area contributed by atoms with Crippen molar-refractivity contribution >= 4 is 56.6 Å². The molecule has 174 valence electrons. The molecular weight excluding hydrogens is 508 g/mol. The van der Waals surface area contributed by atoms with Gasteiger partial charge in [0.15, 0.2) is 0 Å². The minimum atomic E-state index is -0.595. The molecule has 4 rings (SSSR count). The lowest BCUT2D eigenvalue weighted by Crippen LogP contribution is -2.41. The number of rotatable bonds is 3. The van der Waals surface area contributed by atoms with Gasteiger partial charge >= 0.3 is 6.03 Å². The molecule has 1 fully saturated rings. The number of hydrogen-bond acceptors (Lipinski definition) is 4. The van der Waals surface area contributed by atoms with Crippen LogP contribution in [0.2, 0.25) is 5.02 Å². The first-order chi connectivity index (χ1) is 15.8. The first-order valence-electron chi connectivity index (χ1n) is 10.9. The minimum absolute atomic E-state index is 0.0258. The van der Waals surface area contributed by atoms with Crippen LogP contribution in [0.3, 0.4) is 0 Å². The molecule has 0 unspecified atom stereocenters. The van der Waals surface area contributed by atoms with Gasteiger partial charge in [-0.25, -0.2) is 4.79 Å². The summed E-state index contributed by atoms with van der Waals surface area (Å²) in [5.74, 6) is -0.136. The van der Waals surface area contributed by atoms with Gasteiger partial charge in [0.2, 0.25) is 0 Å². The fourth-order valence-corrected chi connectivity index (χ4v) is 5.15. The lowest BCUT2D eigenvalue weighted by molar-refractivity contribution is -0.119. The molecule has 2 aromatic carbocycles. The highest BCUT2D eigenvalue weighted by Crippen LogP contribution is 2.39. The summed E-state index contributed by atoms with van der Waals surface area (Å²) >= 11 is 10.2. The van der Waals surface area contributed by atoms with Crippen molar-refractivity contribution in [3.63, 3.8) is 0 Å². The Balaban J connectivity index is 1.70. The van der Waals surface area contributed by atoms with Crippen LogP contribution in [0.25, 0.3) is 0 Å². The Bertz CT molecular complexity index is 1110. The molecule has 0 spiro atoms. The van der Waals surface area contributed by atoms with Gasteiger partial charge in [0.1, 0.15) is 6.04 Å². The molecule has 0 saturated heterocycles. The molecule has 1 saturated carbocycles. The maximum Gasteiger partial charge on any atom is 0.319 e. The summed E-state index contributed by atoms with van der Waals surface area (Å²) in [7, 11) is 1.71. The highest BCUT2D eigenvalue weighted by Gasteiger charge is 2.31. The Kier molecular flexibility index (Phi) is 7.07. The molecule has 2 aliphatic rings. The van der Waals surface area contributed by atoms with Gasteiger partial charge in [0, 0.05) is 29.2 Å². The van der Waals surface area contributed by atoms with Gasteiger partial charge in [-0.2, -0.15) is 0 Å². The number of aliphatic hydroxyl groups is 1. The van der Waals surface area contributed by atoms with Crippen molar-refractivity contribution in [2.24, 2.45) is 4.99 Å². The summed E-state index contributed by atoms with van der Waals surface area (Å²) in [4.78, 5) is 31.9. The van der Waals surface area contributed by atoms with E-state index in [1.54, 1.807) is 37.1 Å². The topological polar surface area (TPSA) is 94.0 Å². The van der Waals surface area contributed by atoms with Gasteiger partial charge in [-0.3, -0.25) is 9.79 Å². The Labute approximate surface area is 206 Å². The van der Waals surface area contributed by atoms with Crippen LogP contribution in [0.15, 0.2) is 45.9 Å². The summed E-state index contributed by atoms with van der Waals surface area (Å²) < 4.78 is 0.613. The van der Waals surface area contributed by atoms with Crippen molar-refractivity contribution in [1.82, 2.24) is 5.32 Å². The predicted octanol–water partition coefficient (Wildman–Crippen LogP) is 4.73. The van der Waals surface area contributed by atoms with Gasteiger partial charge in [0.25, 0.3) is 5.91 Å². The van der Waals surface area contributed by atoms with Crippen LogP contribution < -0.4 is 15.5 Å². The molecule has 9 heteroatoms. The highest BCUT2D eigenvalue weighted by molar-refractivity contribution is 9.10. The predicted molar refractivity (Wildman–Crippen MR) is 135 cm³/mol. The second kappa shape index (κ2) is 9.83. The number of amides is 3. The van der Waals surface area contributed by atoms with E-state index in [-0.39, 0.29) is 24.1 Å². The largest absolute Gasteiger partial charge is 0.393 e. The van der Waals surface area contributed by atoms with E-state index < -0.39 is 6.04 Å². The van der Waals surface area contributed by atoms with Gasteiger partial charge < -0.3 is 20.6 Å². The minimum Gasteiger partial charge on any atom is -0.393 e. The quantitative estimate of drug-likeness (QED) is 0.532. The van der Waals surface area contributed by atoms with E-state index in [0.29, 0.717) is 50.6 Å². The number of likely N-dealkylation sites (N-methyl/N-ethyl adjacent to an activating group) is 1. The number of anilines is 2. The zero-order valence-corrected chi connectivity index (χ0v) is 20.8. The van der Waals surface area contributed by atoms with Crippen molar-refractivity contribution in [3.05, 3.63) is 57.0 Å². The number of aliphatic hydroxyl groups excluding tert-OH is 1. The Hall–Kier alpha value is -2.42. The lowest BCUT2D eigenvalue weighted by atomic mass is 9.93. The van der Waals surface area contributed by atoms with Crippen LogP contribution in [0.4, 0.5) is 16.2 Å². The van der Waals surface area contributed by atoms with Gasteiger partial charge in [-0.1, -0.05) is 29.8 Å². The average molecular weight is 534 g/mol. The van der Waals surface area contributed by atoms with E-state index in [4.69, 9.17) is 16.6 Å². The van der Waals surface area contributed by atoms with E-state index >= 15 is 0 Å². The zero-order valence-electron chi connectivity index (χ0n) is 18.4. The van der Waals surface area contributed by atoms with Crippen molar-refractivity contribution in [2.75, 3.05) is 17.3 Å². The van der Waals surface area contributed by atoms with E-state index in [9.17, 15) is 14.7 Å². The first-order valence-corrected chi connectivity index (χ1v) is 12.1. The normalized spacial score (nSPS) is 22.8. The molecule has 33 heavy (non-hydrogen) atoms. The number of aliphatic imine (C=N–C) groups is 1. The summed E-state index contributed by atoms with van der Waals surface area (Å²) in [5.41, 5.74) is 3.19. The van der Waals surface area contributed by atoms with Crippen LogP contribution in [-0.2, 0) is 4.79 Å². The van der Waals surface area contributed by atoms with Gasteiger partial charge in [-0.05, 0) is 66.7 Å². The van der Waals surface area contributed by atoms with Crippen LogP contribution >= 0.6 is 27.5 Å². The fourth-order valence-electron chi connectivity index (χ4n) is 4.30. The highest BCUT2D eigenvalue weighted by atomic mass is 79.9. The molecule has 3 N–H and O–H groups in total. The van der Waals surface area contributed by atoms with E-state index in [1.807, 2.05) is 18.2 Å². The van der Waals surface area contributed by atoms with Crippen molar-refractivity contribution in [1.29, 1.82) is 0 Å². The Morgan fingerprint density at radius 3 is 2.58 bits per heavy atom. The van der Waals surface area contributed by atoms with E-state index in [2.05, 4.69) is 26.6 Å². The average Bonchev–Trinajstić information content (AvgIpc) is 2.88. The number of nitrogens with one attached hydrogen (secondary N) is 2. The fraction of sp³-hybridized carbons (Fsp3) is 0.375. The number of urea groups is 1. The third kappa shape index (κ3) is 4.93. The third-order valence-corrected chi connectivity index (χ3v) is 7.29. The van der Waals surface area contributed by atoms with Gasteiger partial charge in [0.05, 0.1) is 27.7 Å². The van der Waals surface area contributed by atoms with Crippen LogP contribution in [0, 0.1) is 0 Å². The summed E-state index contributed by atoms with van der Waals surface area (Å²) in [6.07, 6.45) is 2.57. The number of carbonyl (C=O) groups excluding carboxylic acids is 2. The molecule has 0 aromatic heterocycles. The van der Waals surface area contributed by atoms with Crippen LogP contribution in [-0.4, -0.2) is 48.0 Å². The number of fused-ring (bicyclic) bond motifs is 1. The molecule has 1 aliphatic carbocycles. The monoisotopic (exact) mass is 532 g/mol. The second-order valence-electron chi connectivity index (χ2n) is 8.46. The smallest absolute Gasteiger partial charge is 0.319 e. The summed E-state index contributed by atoms with van der Waals surface area (Å²) in [6, 6.07) is 10.0. The van der Waals surface area contributed by atoms with Crippen LogP contribution in [0.1, 0.15) is 43.7 Å². The second-order valence-corrected chi connectivity index (χ2v) is 9.66. The number of benzodiazepines with no additional fused rings is 1. The summed E-state index contributed by atoms with van der Waals surface area (Å²) in [6.45, 7) is 1.75. The Morgan fingerprint density at radius 2 is 1.88 bits per heavy atom. The van der Waals surface area contributed by atoms with Crippen molar-refractivity contribution < 1.29 is 14.7 Å². The van der Waals surface area contributed by atoms with Crippen molar-refractivity contribution in [3.8, 4) is 0 Å². The molecule has 3 amide bonds. The number of nitrogens with zero attached hydrogens (tertiary/aromatic N) is 2. The molecular formula is C24H26BrClN4O3. The number of benzene rings is 2. The molecule has 1 heterocycles. The Morgan fingerprint density at radius 1 is 1.18 bits per heavy atom. The molecule has 0 radical (unpaired) electrons. The lowest BCUT2D eigenvalue weighted by Gasteiger charge is -2.26. The number of hydrogen-bond donors (Lipinski definition) is 3. The number of carbonyl (C=O) groups is 2. The molecule has 2 aromatic rings. The standard InChI is InChI=1S/C24H26BrClN4O3/c1-13-23(32)30(2)19-12-11-18(29-24(33)28-14-7-9-15(31)10-8-14)21(25)20(19)22(27-13)16-5-3-4-6-17(16)26/h3-6,11-15,31H,7-10H2,1-2H3,(H2,28,29,33)/t13-,14?,15?/m0/s1. The number of halogens is 2. The van der Waals surface area contributed by atoms with E-state index in [1.165, 1.54) is 0 Å². The molecule has 7 nitrogen and oxygen atoms in total. The first kappa shape index (κ1) is 23.7. The molecule has 1 atom stereocenters. The SMILES string of the molecule is C[C@@H]1N=C(c2ccccc2Cl)c2c(ccc(NC(=O)NC3CCC(O)CC3)c2Br)N(C)C1=O. The van der Waals surface area contributed by atoms with Gasteiger partial charge in [-0.15, -0.1) is 0 Å². The third-order valence-electron chi connectivity index (χ3n) is 6.14. The maximum absolute atomic E-state index is 12.9. The molecule has 0 bridgehead atoms. The zero-order chi connectivity index (χ0) is 23.7. The maximum atomic E-state index is 12.9. The van der Waals surface area contributed by atoms with Crippen LogP contribution in [0.5, 0.6) is 0 Å². The summed E-state index contributed by atoms with van der Waals surface area (Å²) in [5, 5.41) is 16.1. The van der Waals surface area contributed by atoms with Crippen molar-refractivity contribution in [2.45, 2.75) is 50.8 Å². The van der Waals surface area contributed by atoms with E-state index in [0.717, 1.165) is 12.8 Å². The molecule has 1 aliphatic heterocycles.